The molecule has 1 atom stereocenters. The summed E-state index contributed by atoms with van der Waals surface area (Å²) < 4.78 is 22.0. The van der Waals surface area contributed by atoms with Crippen LogP contribution in [0.2, 0.25) is 0 Å². The number of rotatable bonds is 5. The van der Waals surface area contributed by atoms with Gasteiger partial charge >= 0.3 is 0 Å². The van der Waals surface area contributed by atoms with E-state index in [9.17, 15) is 14.7 Å². The SMILES string of the molecule is C.C.CC(C)(C)COP(=O)(N1CCC(c2ccc([N+](=O)[O-])cc2)CC1)C(C)(C)C. The van der Waals surface area contributed by atoms with Gasteiger partial charge in [0.25, 0.3) is 13.2 Å². The van der Waals surface area contributed by atoms with Crippen molar-refractivity contribution in [3.05, 3.63) is 39.9 Å². The first-order valence-electron chi connectivity index (χ1n) is 9.58. The fourth-order valence-corrected chi connectivity index (χ4v) is 6.03. The van der Waals surface area contributed by atoms with Crippen LogP contribution in [0.3, 0.4) is 0 Å². The van der Waals surface area contributed by atoms with Gasteiger partial charge in [0, 0.05) is 25.2 Å². The molecule has 0 saturated carbocycles. The molecule has 1 aliphatic rings. The van der Waals surface area contributed by atoms with E-state index >= 15 is 0 Å². The maximum atomic E-state index is 13.8. The molecular formula is C22H41N2O4P. The summed E-state index contributed by atoms with van der Waals surface area (Å²) in [5, 5.41) is 10.4. The number of nitro benzene ring substituents is 1. The fraction of sp³-hybridized carbons (Fsp3) is 0.727. The molecular weight excluding hydrogens is 387 g/mol. The van der Waals surface area contributed by atoms with E-state index in [0.29, 0.717) is 25.6 Å². The van der Waals surface area contributed by atoms with Gasteiger partial charge < -0.3 is 4.52 Å². The average Bonchev–Trinajstić information content (AvgIpc) is 2.58. The van der Waals surface area contributed by atoms with Crippen LogP contribution in [-0.2, 0) is 9.09 Å². The lowest BCUT2D eigenvalue weighted by Crippen LogP contribution is -2.38. The third kappa shape index (κ3) is 6.91. The van der Waals surface area contributed by atoms with E-state index in [-0.39, 0.29) is 30.9 Å². The minimum atomic E-state index is -2.97. The molecule has 29 heavy (non-hydrogen) atoms. The zero-order valence-electron chi connectivity index (χ0n) is 17.4. The first-order valence-corrected chi connectivity index (χ1v) is 11.2. The smallest absolute Gasteiger partial charge is 0.277 e. The Morgan fingerprint density at radius 2 is 1.55 bits per heavy atom. The molecule has 1 fully saturated rings. The molecule has 1 unspecified atom stereocenters. The highest BCUT2D eigenvalue weighted by molar-refractivity contribution is 7.58. The number of hydrogen-bond acceptors (Lipinski definition) is 4. The Kier molecular flexibility index (Phi) is 9.76. The number of hydrogen-bond donors (Lipinski definition) is 0. The standard InChI is InChI=1S/C20H33N2O4P.2CH4/c1-19(2,3)15-26-27(25,20(4,5)6)21-13-11-17(12-14-21)16-7-9-18(10-8-16)22(23)24;;/h7-10,17H,11-15H2,1-6H3;2*1H4. The molecule has 168 valence electrons. The minimum absolute atomic E-state index is 0. The van der Waals surface area contributed by atoms with E-state index in [4.69, 9.17) is 4.52 Å². The summed E-state index contributed by atoms with van der Waals surface area (Å²) >= 11 is 0. The maximum Gasteiger partial charge on any atom is 0.277 e. The lowest BCUT2D eigenvalue weighted by Gasteiger charge is -2.43. The van der Waals surface area contributed by atoms with Gasteiger partial charge in [0.2, 0.25) is 0 Å². The molecule has 0 aromatic heterocycles. The van der Waals surface area contributed by atoms with E-state index in [0.717, 1.165) is 18.4 Å². The Bertz CT molecular complexity index is 697. The maximum absolute atomic E-state index is 13.8. The predicted octanol–water partition coefficient (Wildman–Crippen LogP) is 7.10. The largest absolute Gasteiger partial charge is 0.316 e. The third-order valence-corrected chi connectivity index (χ3v) is 8.26. The Morgan fingerprint density at radius 3 is 1.93 bits per heavy atom. The minimum Gasteiger partial charge on any atom is -0.316 e. The number of non-ortho nitro benzene ring substituents is 1. The summed E-state index contributed by atoms with van der Waals surface area (Å²) in [6, 6.07) is 6.82. The molecule has 1 aromatic rings. The monoisotopic (exact) mass is 428 g/mol. The number of nitro groups is 1. The number of piperidine rings is 1. The van der Waals surface area contributed by atoms with Crippen molar-refractivity contribution in [1.29, 1.82) is 0 Å². The Morgan fingerprint density at radius 1 is 1.07 bits per heavy atom. The van der Waals surface area contributed by atoms with E-state index in [1.807, 2.05) is 37.6 Å². The zero-order valence-corrected chi connectivity index (χ0v) is 18.3. The van der Waals surface area contributed by atoms with Crippen LogP contribution < -0.4 is 0 Å². The van der Waals surface area contributed by atoms with Gasteiger partial charge in [0.05, 0.1) is 16.7 Å². The molecule has 1 saturated heterocycles. The molecule has 1 heterocycles. The number of benzene rings is 1. The molecule has 2 rings (SSSR count). The van der Waals surface area contributed by atoms with Gasteiger partial charge in [-0.25, -0.2) is 4.67 Å². The molecule has 0 amide bonds. The van der Waals surface area contributed by atoms with Gasteiger partial charge in [-0.3, -0.25) is 14.7 Å². The molecule has 0 aliphatic carbocycles. The molecule has 0 bridgehead atoms. The lowest BCUT2D eigenvalue weighted by atomic mass is 9.90. The van der Waals surface area contributed by atoms with Crippen LogP contribution in [0.4, 0.5) is 5.69 Å². The molecule has 0 spiro atoms. The van der Waals surface area contributed by atoms with Crippen molar-refractivity contribution in [3.63, 3.8) is 0 Å². The molecule has 7 heteroatoms. The van der Waals surface area contributed by atoms with Crippen molar-refractivity contribution in [2.45, 2.75) is 80.3 Å². The van der Waals surface area contributed by atoms with E-state index in [2.05, 4.69) is 20.8 Å². The summed E-state index contributed by atoms with van der Waals surface area (Å²) in [5.41, 5.74) is 1.18. The second-order valence-corrected chi connectivity index (χ2v) is 12.8. The van der Waals surface area contributed by atoms with Gasteiger partial charge in [0.15, 0.2) is 0 Å². The quantitative estimate of drug-likeness (QED) is 0.284. The van der Waals surface area contributed by atoms with Gasteiger partial charge in [-0.1, -0.05) is 47.8 Å². The summed E-state index contributed by atoms with van der Waals surface area (Å²) in [7, 11) is -2.97. The number of nitrogens with zero attached hydrogens (tertiary/aromatic N) is 2. The van der Waals surface area contributed by atoms with Crippen molar-refractivity contribution >= 4 is 13.2 Å². The third-order valence-electron chi connectivity index (χ3n) is 4.94. The zero-order chi connectivity index (χ0) is 20.5. The van der Waals surface area contributed by atoms with Crippen molar-refractivity contribution in [1.82, 2.24) is 4.67 Å². The van der Waals surface area contributed by atoms with Crippen LogP contribution in [0.5, 0.6) is 0 Å². The second-order valence-electron chi connectivity index (χ2n) is 9.60. The first-order chi connectivity index (χ1) is 12.3. The van der Waals surface area contributed by atoms with E-state index in [1.165, 1.54) is 0 Å². The van der Waals surface area contributed by atoms with Crippen LogP contribution in [0.25, 0.3) is 0 Å². The highest BCUT2D eigenvalue weighted by Gasteiger charge is 2.45. The van der Waals surface area contributed by atoms with Crippen LogP contribution in [0.15, 0.2) is 24.3 Å². The summed E-state index contributed by atoms with van der Waals surface area (Å²) in [5.74, 6) is 0.332. The summed E-state index contributed by atoms with van der Waals surface area (Å²) in [6.45, 7) is 14.1. The van der Waals surface area contributed by atoms with Gasteiger partial charge in [-0.15, -0.1) is 0 Å². The van der Waals surface area contributed by atoms with Crippen LogP contribution in [-0.4, -0.2) is 34.4 Å². The molecule has 6 nitrogen and oxygen atoms in total. The van der Waals surface area contributed by atoms with Crippen molar-refractivity contribution in [2.24, 2.45) is 5.41 Å². The van der Waals surface area contributed by atoms with Crippen molar-refractivity contribution < 1.29 is 14.0 Å². The topological polar surface area (TPSA) is 72.7 Å². The van der Waals surface area contributed by atoms with Crippen molar-refractivity contribution in [3.8, 4) is 0 Å². The highest BCUT2D eigenvalue weighted by atomic mass is 31.2. The normalized spacial score (nSPS) is 18.3. The Hall–Kier alpha value is -1.23. The average molecular weight is 429 g/mol. The predicted molar refractivity (Wildman–Crippen MR) is 123 cm³/mol. The Labute approximate surface area is 177 Å². The molecule has 0 N–H and O–H groups in total. The Balaban J connectivity index is 0.00000392. The van der Waals surface area contributed by atoms with E-state index in [1.54, 1.807) is 12.1 Å². The summed E-state index contributed by atoms with van der Waals surface area (Å²) in [4.78, 5) is 10.4. The highest BCUT2D eigenvalue weighted by Crippen LogP contribution is 2.63. The first kappa shape index (κ1) is 27.8. The van der Waals surface area contributed by atoms with Crippen LogP contribution in [0, 0.1) is 15.5 Å². The van der Waals surface area contributed by atoms with Crippen LogP contribution >= 0.6 is 7.52 Å². The second kappa shape index (κ2) is 10.2. The van der Waals surface area contributed by atoms with Gasteiger partial charge in [-0.05, 0) is 50.5 Å². The van der Waals surface area contributed by atoms with E-state index < -0.39 is 12.7 Å². The van der Waals surface area contributed by atoms with Crippen molar-refractivity contribution in [2.75, 3.05) is 19.7 Å². The molecule has 1 aromatic carbocycles. The van der Waals surface area contributed by atoms with Gasteiger partial charge in [-0.2, -0.15) is 0 Å². The summed E-state index contributed by atoms with van der Waals surface area (Å²) in [6.07, 6.45) is 1.74. The molecule has 0 radical (unpaired) electrons. The molecule has 1 aliphatic heterocycles. The van der Waals surface area contributed by atoms with Crippen LogP contribution in [0.1, 0.15) is 80.7 Å². The van der Waals surface area contributed by atoms with Gasteiger partial charge in [0.1, 0.15) is 0 Å². The fourth-order valence-electron chi connectivity index (χ4n) is 3.31. The lowest BCUT2D eigenvalue weighted by molar-refractivity contribution is -0.384.